The number of rotatable bonds is 85. The second kappa shape index (κ2) is 77.8. The summed E-state index contributed by atoms with van der Waals surface area (Å²) in [5, 5.41) is 10.7. The molecule has 0 fully saturated rings. The molecule has 0 aliphatic carbocycles. The van der Waals surface area contributed by atoms with Crippen LogP contribution in [0.4, 0.5) is 0 Å². The fraction of sp³-hybridized carbons (Fsp3) is 0.953. The molecule has 618 valence electrons. The molecule has 0 saturated heterocycles. The Bertz CT molecular complexity index is 1980. The van der Waals surface area contributed by atoms with Gasteiger partial charge in [-0.05, 0) is 31.6 Å². The number of aliphatic hydroxyl groups excluding tert-OH is 1. The van der Waals surface area contributed by atoms with Gasteiger partial charge in [-0.3, -0.25) is 37.3 Å². The monoisotopic (exact) mass is 1520 g/mol. The van der Waals surface area contributed by atoms with Crippen LogP contribution in [0.3, 0.4) is 0 Å². The zero-order valence-corrected chi connectivity index (χ0v) is 70.0. The number of esters is 4. The summed E-state index contributed by atoms with van der Waals surface area (Å²) in [7, 11) is -9.92. The van der Waals surface area contributed by atoms with Crippen LogP contribution in [0.2, 0.25) is 0 Å². The van der Waals surface area contributed by atoms with Gasteiger partial charge in [0.05, 0.1) is 26.4 Å². The van der Waals surface area contributed by atoms with Crippen LogP contribution in [0.1, 0.15) is 458 Å². The SMILES string of the molecule is CCCCCCCCCCCCCCCCCCCCCC(=O)OC[C@H](COP(=O)(O)OC[C@@H](O)COP(=O)(O)OC[C@@H](COC(=O)CCCCCCCCCCCC)OC(=O)CCCCCCCCCCCCCCCC)OC(=O)CCCCCCCCCCCCCCCCCCCCC(C)C. The van der Waals surface area contributed by atoms with Crippen molar-refractivity contribution in [3.05, 3.63) is 0 Å². The molecule has 0 heterocycles. The van der Waals surface area contributed by atoms with Gasteiger partial charge >= 0.3 is 39.5 Å². The number of phosphoric acid groups is 2. The molecule has 0 aromatic carbocycles. The minimum Gasteiger partial charge on any atom is -0.462 e. The highest BCUT2D eigenvalue weighted by Crippen LogP contribution is 2.45. The highest BCUT2D eigenvalue weighted by Gasteiger charge is 2.30. The first-order valence-electron chi connectivity index (χ1n) is 44.1. The van der Waals surface area contributed by atoms with Crippen LogP contribution in [0, 0.1) is 5.92 Å². The van der Waals surface area contributed by atoms with E-state index >= 15 is 0 Å². The Morgan fingerprint density at radius 2 is 0.442 bits per heavy atom. The highest BCUT2D eigenvalue weighted by atomic mass is 31.2. The maximum absolute atomic E-state index is 13.1. The number of ether oxygens (including phenoxy) is 4. The van der Waals surface area contributed by atoms with Gasteiger partial charge in [-0.1, -0.05) is 407 Å². The Morgan fingerprint density at radius 1 is 0.260 bits per heavy atom. The van der Waals surface area contributed by atoms with Crippen molar-refractivity contribution in [2.75, 3.05) is 39.6 Å². The van der Waals surface area contributed by atoms with E-state index in [0.29, 0.717) is 25.7 Å². The number of hydrogen-bond donors (Lipinski definition) is 3. The molecule has 0 aromatic heterocycles. The Morgan fingerprint density at radius 3 is 0.654 bits per heavy atom. The van der Waals surface area contributed by atoms with E-state index in [1.54, 1.807) is 0 Å². The second-order valence-corrected chi connectivity index (χ2v) is 34.0. The summed E-state index contributed by atoms with van der Waals surface area (Å²) in [5.41, 5.74) is 0. The highest BCUT2D eigenvalue weighted by molar-refractivity contribution is 7.47. The summed E-state index contributed by atoms with van der Waals surface area (Å²) in [4.78, 5) is 73.1. The van der Waals surface area contributed by atoms with Crippen LogP contribution in [-0.4, -0.2) is 96.7 Å². The summed E-state index contributed by atoms with van der Waals surface area (Å²) in [6, 6.07) is 0. The van der Waals surface area contributed by atoms with Crippen molar-refractivity contribution in [1.29, 1.82) is 0 Å². The van der Waals surface area contributed by atoms with E-state index in [2.05, 4.69) is 34.6 Å². The van der Waals surface area contributed by atoms with Crippen LogP contribution >= 0.6 is 15.6 Å². The second-order valence-electron chi connectivity index (χ2n) is 31.1. The van der Waals surface area contributed by atoms with E-state index in [9.17, 15) is 43.2 Å². The summed E-state index contributed by atoms with van der Waals surface area (Å²) >= 11 is 0. The van der Waals surface area contributed by atoms with Gasteiger partial charge in [-0.15, -0.1) is 0 Å². The van der Waals surface area contributed by atoms with Crippen molar-refractivity contribution in [3.63, 3.8) is 0 Å². The molecule has 0 aliphatic rings. The number of carbonyl (C=O) groups excluding carboxylic acids is 4. The predicted octanol–water partition coefficient (Wildman–Crippen LogP) is 26.0. The third kappa shape index (κ3) is 78.2. The summed E-state index contributed by atoms with van der Waals surface area (Å²) < 4.78 is 68.8. The zero-order valence-electron chi connectivity index (χ0n) is 68.2. The Hall–Kier alpha value is -1.94. The van der Waals surface area contributed by atoms with E-state index in [1.807, 2.05) is 0 Å². The normalized spacial score (nSPS) is 13.8. The number of aliphatic hydroxyl groups is 1. The molecule has 19 heteroatoms. The summed E-state index contributed by atoms with van der Waals surface area (Å²) in [5.74, 6) is -1.28. The summed E-state index contributed by atoms with van der Waals surface area (Å²) in [6.07, 6.45) is 70.8. The first-order chi connectivity index (χ1) is 50.5. The Balaban J connectivity index is 5.21. The van der Waals surface area contributed by atoms with Crippen LogP contribution < -0.4 is 0 Å². The van der Waals surface area contributed by atoms with Crippen molar-refractivity contribution in [2.24, 2.45) is 5.92 Å². The van der Waals surface area contributed by atoms with E-state index in [4.69, 9.17) is 37.0 Å². The third-order valence-electron chi connectivity index (χ3n) is 20.0. The molecule has 0 spiro atoms. The average molecular weight is 1520 g/mol. The van der Waals surface area contributed by atoms with Crippen molar-refractivity contribution in [1.82, 2.24) is 0 Å². The fourth-order valence-corrected chi connectivity index (χ4v) is 14.9. The molecule has 0 saturated carbocycles. The number of carbonyl (C=O) groups is 4. The summed E-state index contributed by atoms with van der Waals surface area (Å²) in [6.45, 7) is 7.39. The van der Waals surface area contributed by atoms with Crippen LogP contribution in [0.5, 0.6) is 0 Å². The lowest BCUT2D eigenvalue weighted by Gasteiger charge is -2.21. The molecule has 0 aromatic rings. The van der Waals surface area contributed by atoms with E-state index < -0.39 is 97.5 Å². The number of phosphoric ester groups is 2. The largest absolute Gasteiger partial charge is 0.472 e. The predicted molar refractivity (Wildman–Crippen MR) is 428 cm³/mol. The molecular formula is C85H166O17P2. The van der Waals surface area contributed by atoms with Gasteiger partial charge in [0.2, 0.25) is 0 Å². The smallest absolute Gasteiger partial charge is 0.462 e. The van der Waals surface area contributed by atoms with Crippen LogP contribution in [0.15, 0.2) is 0 Å². The standard InChI is InChI=1S/C85H166O17P2/c1-6-9-12-15-18-21-24-26-28-29-30-34-37-41-44-49-54-59-64-69-83(88)96-75-81(102-85(90)71-66-61-56-51-46-42-38-35-32-31-33-36-39-43-47-52-57-62-67-78(4)5)77-100-104(93,94)98-73-79(86)72-97-103(91,92)99-76-80(74-95-82(87)68-63-58-53-48-23-20-17-14-11-8-3)101-84(89)70-65-60-55-50-45-40-27-25-22-19-16-13-10-7-2/h78-81,86H,6-77H2,1-5H3,(H,91,92)(H,93,94)/t79-,80+,81+/m0/s1. The molecule has 104 heavy (non-hydrogen) atoms. The van der Waals surface area contributed by atoms with Crippen molar-refractivity contribution in [2.45, 2.75) is 477 Å². The lowest BCUT2D eigenvalue weighted by molar-refractivity contribution is -0.161. The van der Waals surface area contributed by atoms with E-state index in [1.165, 1.54) is 283 Å². The maximum atomic E-state index is 13.1. The zero-order chi connectivity index (χ0) is 76.2. The van der Waals surface area contributed by atoms with Gasteiger partial charge in [-0.2, -0.15) is 0 Å². The van der Waals surface area contributed by atoms with E-state index in [-0.39, 0.29) is 25.7 Å². The first-order valence-corrected chi connectivity index (χ1v) is 47.1. The minimum absolute atomic E-state index is 0.109. The van der Waals surface area contributed by atoms with Gasteiger partial charge in [0.15, 0.2) is 12.2 Å². The first kappa shape index (κ1) is 102. The molecule has 0 aliphatic heterocycles. The van der Waals surface area contributed by atoms with Gasteiger partial charge in [0, 0.05) is 25.7 Å². The topological polar surface area (TPSA) is 237 Å². The number of unbranched alkanes of at least 4 members (excludes halogenated alkanes) is 57. The van der Waals surface area contributed by atoms with Gasteiger partial charge in [0.25, 0.3) is 0 Å². The molecule has 3 N–H and O–H groups in total. The molecule has 0 amide bonds. The molecule has 0 radical (unpaired) electrons. The minimum atomic E-state index is -4.96. The Labute approximate surface area is 638 Å². The molecule has 0 bridgehead atoms. The van der Waals surface area contributed by atoms with E-state index in [0.717, 1.165) is 95.8 Å². The quantitative estimate of drug-likeness (QED) is 0.0222. The number of hydrogen-bond acceptors (Lipinski definition) is 15. The average Bonchev–Trinajstić information content (AvgIpc) is 0.905. The van der Waals surface area contributed by atoms with Crippen LogP contribution in [0.25, 0.3) is 0 Å². The molecular weight excluding hydrogens is 1350 g/mol. The maximum Gasteiger partial charge on any atom is 0.472 e. The molecule has 2 unspecified atom stereocenters. The molecule has 17 nitrogen and oxygen atoms in total. The Kier molecular flexibility index (Phi) is 76.3. The van der Waals surface area contributed by atoms with Crippen molar-refractivity contribution < 1.29 is 80.2 Å². The third-order valence-corrected chi connectivity index (χ3v) is 21.9. The lowest BCUT2D eigenvalue weighted by atomic mass is 10.0. The van der Waals surface area contributed by atoms with Crippen molar-refractivity contribution in [3.8, 4) is 0 Å². The van der Waals surface area contributed by atoms with Gasteiger partial charge in [-0.25, -0.2) is 9.13 Å². The van der Waals surface area contributed by atoms with Crippen molar-refractivity contribution >= 4 is 39.5 Å². The molecule has 0 rings (SSSR count). The fourth-order valence-electron chi connectivity index (χ4n) is 13.3. The van der Waals surface area contributed by atoms with Gasteiger partial charge in [0.1, 0.15) is 19.3 Å². The lowest BCUT2D eigenvalue weighted by Crippen LogP contribution is -2.30. The van der Waals surface area contributed by atoms with Gasteiger partial charge < -0.3 is 33.8 Å². The molecule has 5 atom stereocenters. The van der Waals surface area contributed by atoms with Crippen LogP contribution in [-0.2, 0) is 65.4 Å².